The van der Waals surface area contributed by atoms with Gasteiger partial charge in [-0.3, -0.25) is 19.5 Å². The minimum atomic E-state index is -0.533. The van der Waals surface area contributed by atoms with Gasteiger partial charge in [0.05, 0.1) is 6.54 Å². The standard InChI is InChI=1S/C22H30N6O2/c1-2-25-11-13-26(14-12-25)10-8-24-21(29)20-17-27-9-4-6-19(27)22(30)28(20)16-18-5-3-7-23-15-18/h3-7,9,15,20H,2,8,10-14,16-17H2,1H3,(H,24,29). The second-order valence-electron chi connectivity index (χ2n) is 7.92. The van der Waals surface area contributed by atoms with Crippen molar-refractivity contribution in [3.05, 3.63) is 54.1 Å². The van der Waals surface area contributed by atoms with Gasteiger partial charge in [0, 0.05) is 64.4 Å². The molecule has 1 unspecified atom stereocenters. The summed E-state index contributed by atoms with van der Waals surface area (Å²) >= 11 is 0. The highest BCUT2D eigenvalue weighted by Crippen LogP contribution is 2.21. The number of hydrogen-bond donors (Lipinski definition) is 1. The summed E-state index contributed by atoms with van der Waals surface area (Å²) in [7, 11) is 0. The van der Waals surface area contributed by atoms with Crippen LogP contribution < -0.4 is 5.32 Å². The lowest BCUT2D eigenvalue weighted by Crippen LogP contribution is -2.55. The summed E-state index contributed by atoms with van der Waals surface area (Å²) in [5, 5.41) is 3.07. The largest absolute Gasteiger partial charge is 0.353 e. The highest BCUT2D eigenvalue weighted by Gasteiger charge is 2.36. The Morgan fingerprint density at radius 2 is 1.97 bits per heavy atom. The first-order chi connectivity index (χ1) is 14.7. The molecule has 0 aromatic carbocycles. The molecule has 4 rings (SSSR count). The minimum absolute atomic E-state index is 0.0983. The number of hydrogen-bond acceptors (Lipinski definition) is 5. The zero-order valence-electron chi connectivity index (χ0n) is 17.5. The number of nitrogens with zero attached hydrogens (tertiary/aromatic N) is 5. The van der Waals surface area contributed by atoms with Gasteiger partial charge in [0.25, 0.3) is 5.91 Å². The molecule has 2 aliphatic heterocycles. The van der Waals surface area contributed by atoms with Gasteiger partial charge >= 0.3 is 0 Å². The molecular formula is C22H30N6O2. The summed E-state index contributed by atoms with van der Waals surface area (Å²) in [5.74, 6) is -0.218. The van der Waals surface area contributed by atoms with Gasteiger partial charge < -0.3 is 19.7 Å². The van der Waals surface area contributed by atoms with E-state index in [0.717, 1.165) is 44.8 Å². The normalized spacial score (nSPS) is 20.2. The van der Waals surface area contributed by atoms with Crippen LogP contribution in [0.3, 0.4) is 0 Å². The molecule has 0 saturated carbocycles. The molecule has 0 radical (unpaired) electrons. The lowest BCUT2D eigenvalue weighted by atomic mass is 10.1. The molecule has 1 saturated heterocycles. The summed E-state index contributed by atoms with van der Waals surface area (Å²) in [6, 6.07) is 6.90. The van der Waals surface area contributed by atoms with Crippen molar-refractivity contribution in [1.29, 1.82) is 0 Å². The summed E-state index contributed by atoms with van der Waals surface area (Å²) in [5.41, 5.74) is 1.54. The molecule has 2 aromatic heterocycles. The zero-order valence-corrected chi connectivity index (χ0v) is 17.5. The van der Waals surface area contributed by atoms with E-state index in [1.165, 1.54) is 0 Å². The van der Waals surface area contributed by atoms with E-state index in [0.29, 0.717) is 25.3 Å². The van der Waals surface area contributed by atoms with Crippen molar-refractivity contribution < 1.29 is 9.59 Å². The summed E-state index contributed by atoms with van der Waals surface area (Å²) in [6.45, 7) is 9.77. The number of aromatic nitrogens is 2. The van der Waals surface area contributed by atoms with E-state index in [1.807, 2.05) is 35.0 Å². The summed E-state index contributed by atoms with van der Waals surface area (Å²) in [6.07, 6.45) is 5.31. The average molecular weight is 411 g/mol. The van der Waals surface area contributed by atoms with Crippen molar-refractivity contribution in [2.75, 3.05) is 45.8 Å². The van der Waals surface area contributed by atoms with Crippen LogP contribution in [0.15, 0.2) is 42.9 Å². The Morgan fingerprint density at radius 1 is 1.17 bits per heavy atom. The number of pyridine rings is 1. The fraction of sp³-hybridized carbons (Fsp3) is 0.500. The number of carbonyl (C=O) groups excluding carboxylic acids is 2. The smallest absolute Gasteiger partial charge is 0.271 e. The Hall–Kier alpha value is -2.71. The monoisotopic (exact) mass is 410 g/mol. The first-order valence-electron chi connectivity index (χ1n) is 10.7. The SMILES string of the molecule is CCN1CCN(CCNC(=O)C2Cn3cccc3C(=O)N2Cc2cccnc2)CC1. The molecule has 2 aliphatic rings. The van der Waals surface area contributed by atoms with Crippen LogP contribution in [-0.2, 0) is 17.9 Å². The van der Waals surface area contributed by atoms with Gasteiger partial charge in [0.2, 0.25) is 5.91 Å². The third-order valence-electron chi connectivity index (χ3n) is 6.07. The molecule has 0 bridgehead atoms. The Kier molecular flexibility index (Phi) is 6.44. The maximum absolute atomic E-state index is 13.1. The Labute approximate surface area is 177 Å². The van der Waals surface area contributed by atoms with Crippen molar-refractivity contribution in [2.45, 2.75) is 26.1 Å². The highest BCUT2D eigenvalue weighted by molar-refractivity contribution is 5.97. The molecule has 0 aliphatic carbocycles. The number of fused-ring (bicyclic) bond motifs is 1. The second-order valence-corrected chi connectivity index (χ2v) is 7.92. The lowest BCUT2D eigenvalue weighted by molar-refractivity contribution is -0.126. The Morgan fingerprint density at radius 3 is 2.70 bits per heavy atom. The molecule has 160 valence electrons. The van der Waals surface area contributed by atoms with Gasteiger partial charge in [-0.2, -0.15) is 0 Å². The van der Waals surface area contributed by atoms with Crippen LogP contribution in [0.1, 0.15) is 23.0 Å². The van der Waals surface area contributed by atoms with Gasteiger partial charge in [-0.25, -0.2) is 0 Å². The van der Waals surface area contributed by atoms with Gasteiger partial charge in [-0.15, -0.1) is 0 Å². The maximum atomic E-state index is 13.1. The van der Waals surface area contributed by atoms with Crippen molar-refractivity contribution in [3.63, 3.8) is 0 Å². The van der Waals surface area contributed by atoms with Gasteiger partial charge in [-0.1, -0.05) is 13.0 Å². The first kappa shape index (κ1) is 20.6. The summed E-state index contributed by atoms with van der Waals surface area (Å²) in [4.78, 5) is 36.8. The predicted molar refractivity (Wildman–Crippen MR) is 114 cm³/mol. The van der Waals surface area contributed by atoms with E-state index in [9.17, 15) is 9.59 Å². The van der Waals surface area contributed by atoms with E-state index in [2.05, 4.69) is 27.0 Å². The number of rotatable bonds is 7. The Bertz CT molecular complexity index is 860. The molecule has 8 heteroatoms. The predicted octanol–water partition coefficient (Wildman–Crippen LogP) is 0.661. The van der Waals surface area contributed by atoms with Gasteiger partial charge in [0.15, 0.2) is 0 Å². The molecule has 1 atom stereocenters. The molecule has 30 heavy (non-hydrogen) atoms. The lowest BCUT2D eigenvalue weighted by Gasteiger charge is -2.36. The molecule has 4 heterocycles. The topological polar surface area (TPSA) is 73.7 Å². The fourth-order valence-corrected chi connectivity index (χ4v) is 4.22. The summed E-state index contributed by atoms with van der Waals surface area (Å²) < 4.78 is 1.87. The maximum Gasteiger partial charge on any atom is 0.271 e. The molecule has 2 amide bonds. The fourth-order valence-electron chi connectivity index (χ4n) is 4.22. The van der Waals surface area contributed by atoms with Crippen LogP contribution in [-0.4, -0.2) is 87.9 Å². The molecular weight excluding hydrogens is 380 g/mol. The Balaban J connectivity index is 1.38. The average Bonchev–Trinajstić information content (AvgIpc) is 3.26. The van der Waals surface area contributed by atoms with Crippen LogP contribution in [0.2, 0.25) is 0 Å². The second kappa shape index (κ2) is 9.40. The number of likely N-dealkylation sites (N-methyl/N-ethyl adjacent to an activating group) is 1. The quantitative estimate of drug-likeness (QED) is 0.726. The van der Waals surface area contributed by atoms with Crippen LogP contribution >= 0.6 is 0 Å². The van der Waals surface area contributed by atoms with Gasteiger partial charge in [-0.05, 0) is 30.3 Å². The van der Waals surface area contributed by atoms with Crippen molar-refractivity contribution in [1.82, 2.24) is 29.6 Å². The zero-order chi connectivity index (χ0) is 20.9. The number of piperazine rings is 1. The van der Waals surface area contributed by atoms with Crippen LogP contribution in [0.4, 0.5) is 0 Å². The molecule has 1 fully saturated rings. The van der Waals surface area contributed by atoms with Crippen LogP contribution in [0.25, 0.3) is 0 Å². The minimum Gasteiger partial charge on any atom is -0.353 e. The molecule has 0 spiro atoms. The van der Waals surface area contributed by atoms with E-state index in [-0.39, 0.29) is 11.8 Å². The molecule has 8 nitrogen and oxygen atoms in total. The number of carbonyl (C=O) groups is 2. The first-order valence-corrected chi connectivity index (χ1v) is 10.7. The van der Waals surface area contributed by atoms with Crippen LogP contribution in [0.5, 0.6) is 0 Å². The molecule has 1 N–H and O–H groups in total. The van der Waals surface area contributed by atoms with Crippen molar-refractivity contribution in [3.8, 4) is 0 Å². The van der Waals surface area contributed by atoms with E-state index >= 15 is 0 Å². The third-order valence-corrected chi connectivity index (χ3v) is 6.07. The van der Waals surface area contributed by atoms with Crippen molar-refractivity contribution in [2.24, 2.45) is 0 Å². The van der Waals surface area contributed by atoms with E-state index in [1.54, 1.807) is 17.3 Å². The van der Waals surface area contributed by atoms with E-state index < -0.39 is 6.04 Å². The molecule has 2 aromatic rings. The number of amides is 2. The van der Waals surface area contributed by atoms with Gasteiger partial charge in [0.1, 0.15) is 11.7 Å². The number of nitrogens with one attached hydrogen (secondary N) is 1. The van der Waals surface area contributed by atoms with Crippen molar-refractivity contribution >= 4 is 11.8 Å². The third kappa shape index (κ3) is 4.55. The highest BCUT2D eigenvalue weighted by atomic mass is 16.2. The van der Waals surface area contributed by atoms with E-state index in [4.69, 9.17) is 0 Å². The van der Waals surface area contributed by atoms with Crippen LogP contribution in [0, 0.1) is 0 Å².